The van der Waals surface area contributed by atoms with Crippen LogP contribution in [0.15, 0.2) is 22.6 Å². The van der Waals surface area contributed by atoms with Crippen molar-refractivity contribution in [3.8, 4) is 5.75 Å². The first-order valence-corrected chi connectivity index (χ1v) is 10.2. The molecule has 2 amide bonds. The van der Waals surface area contributed by atoms with E-state index in [0.29, 0.717) is 34.4 Å². The maximum Gasteiger partial charge on any atom is 0.261 e. The summed E-state index contributed by atoms with van der Waals surface area (Å²) in [6, 6.07) is 4.91. The van der Waals surface area contributed by atoms with Crippen LogP contribution < -0.4 is 0 Å². The molecule has 4 rings (SSSR count). The molecular formula is C23H26N2O4. The van der Waals surface area contributed by atoms with E-state index in [1.165, 1.54) is 4.90 Å². The normalized spacial score (nSPS) is 14.0. The molecule has 0 aliphatic carbocycles. The van der Waals surface area contributed by atoms with Gasteiger partial charge in [0.25, 0.3) is 11.8 Å². The fourth-order valence-electron chi connectivity index (χ4n) is 4.43. The van der Waals surface area contributed by atoms with Gasteiger partial charge in [-0.1, -0.05) is 13.8 Å². The van der Waals surface area contributed by atoms with E-state index in [1.807, 2.05) is 13.8 Å². The number of carbonyl (C=O) groups is 2. The second-order valence-corrected chi connectivity index (χ2v) is 7.63. The van der Waals surface area contributed by atoms with Gasteiger partial charge >= 0.3 is 0 Å². The highest BCUT2D eigenvalue weighted by atomic mass is 16.3. The molecule has 2 aromatic carbocycles. The molecule has 0 bridgehead atoms. The van der Waals surface area contributed by atoms with Gasteiger partial charge in [-0.2, -0.15) is 0 Å². The van der Waals surface area contributed by atoms with Crippen LogP contribution in [0, 0.1) is 13.8 Å². The maximum atomic E-state index is 13.2. The van der Waals surface area contributed by atoms with Crippen molar-refractivity contribution in [3.05, 3.63) is 40.5 Å². The third-order valence-electron chi connectivity index (χ3n) is 6.06. The standard InChI is InChI=1S/C23H26N2O4/c1-5-24(6-2)10-7-11-25-22(27)19-13(3)18-16-12-15(26)8-9-17(16)29-21(18)14(4)20(19)23(25)28/h8-9,12,26H,5-7,10-11H2,1-4H3. The third kappa shape index (κ3) is 2.90. The Balaban J connectivity index is 1.77. The summed E-state index contributed by atoms with van der Waals surface area (Å²) < 4.78 is 6.01. The molecule has 0 unspecified atom stereocenters. The van der Waals surface area contributed by atoms with Gasteiger partial charge in [0.15, 0.2) is 0 Å². The van der Waals surface area contributed by atoms with Crippen molar-refractivity contribution in [1.29, 1.82) is 0 Å². The average Bonchev–Trinajstić information content (AvgIpc) is 3.20. The van der Waals surface area contributed by atoms with E-state index >= 15 is 0 Å². The predicted molar refractivity (Wildman–Crippen MR) is 113 cm³/mol. The van der Waals surface area contributed by atoms with Crippen molar-refractivity contribution in [2.75, 3.05) is 26.2 Å². The quantitative estimate of drug-likeness (QED) is 0.633. The number of carbonyl (C=O) groups excluding carboxylic acids is 2. The van der Waals surface area contributed by atoms with Crippen LogP contribution in [0.5, 0.6) is 5.75 Å². The van der Waals surface area contributed by atoms with E-state index in [9.17, 15) is 14.7 Å². The van der Waals surface area contributed by atoms with Crippen molar-refractivity contribution < 1.29 is 19.1 Å². The Morgan fingerprint density at radius 1 is 1.03 bits per heavy atom. The van der Waals surface area contributed by atoms with Crippen molar-refractivity contribution in [2.45, 2.75) is 34.1 Å². The highest BCUT2D eigenvalue weighted by Crippen LogP contribution is 2.41. The van der Waals surface area contributed by atoms with E-state index in [2.05, 4.69) is 18.7 Å². The molecule has 0 radical (unpaired) electrons. The molecule has 29 heavy (non-hydrogen) atoms. The Hall–Kier alpha value is -2.86. The van der Waals surface area contributed by atoms with Crippen LogP contribution in [0.2, 0.25) is 0 Å². The lowest BCUT2D eigenvalue weighted by Crippen LogP contribution is -2.33. The minimum atomic E-state index is -0.240. The molecule has 6 heteroatoms. The molecule has 0 saturated carbocycles. The molecule has 6 nitrogen and oxygen atoms in total. The van der Waals surface area contributed by atoms with Crippen LogP contribution in [0.4, 0.5) is 0 Å². The van der Waals surface area contributed by atoms with E-state index in [1.54, 1.807) is 18.2 Å². The molecule has 152 valence electrons. The number of benzene rings is 2. The molecule has 1 aliphatic heterocycles. The summed E-state index contributed by atoms with van der Waals surface area (Å²) in [5, 5.41) is 11.4. The smallest absolute Gasteiger partial charge is 0.261 e. The van der Waals surface area contributed by atoms with Crippen LogP contribution in [0.25, 0.3) is 21.9 Å². The Morgan fingerprint density at radius 2 is 1.69 bits per heavy atom. The molecule has 3 aromatic rings. The lowest BCUT2D eigenvalue weighted by atomic mass is 9.94. The van der Waals surface area contributed by atoms with Crippen LogP contribution >= 0.6 is 0 Å². The molecule has 0 fully saturated rings. The number of aromatic hydroxyl groups is 1. The first-order chi connectivity index (χ1) is 13.9. The van der Waals surface area contributed by atoms with E-state index in [4.69, 9.17) is 4.42 Å². The largest absolute Gasteiger partial charge is 0.508 e. The SMILES string of the molecule is CCN(CC)CCCN1C(=O)c2c(c(C)c3c(oc4ccc(O)cc43)c2C)C1=O. The molecule has 2 heterocycles. The summed E-state index contributed by atoms with van der Waals surface area (Å²) in [7, 11) is 0. The first kappa shape index (κ1) is 19.5. The average molecular weight is 394 g/mol. The number of hydrogen-bond acceptors (Lipinski definition) is 5. The Labute approximate surface area is 169 Å². The third-order valence-corrected chi connectivity index (χ3v) is 6.06. The van der Waals surface area contributed by atoms with Gasteiger partial charge in [-0.3, -0.25) is 14.5 Å². The number of hydrogen-bond donors (Lipinski definition) is 1. The van der Waals surface area contributed by atoms with Gasteiger partial charge in [-0.25, -0.2) is 0 Å². The number of fused-ring (bicyclic) bond motifs is 4. The molecular weight excluding hydrogens is 368 g/mol. The summed E-state index contributed by atoms with van der Waals surface area (Å²) in [5.74, 6) is -0.338. The van der Waals surface area contributed by atoms with Gasteiger partial charge in [0.1, 0.15) is 16.9 Å². The van der Waals surface area contributed by atoms with Crippen LogP contribution in [0.1, 0.15) is 52.1 Å². The van der Waals surface area contributed by atoms with Crippen LogP contribution in [-0.2, 0) is 0 Å². The highest BCUT2D eigenvalue weighted by Gasteiger charge is 2.40. The Kier molecular flexibility index (Phi) is 4.82. The number of rotatable bonds is 6. The van der Waals surface area contributed by atoms with Crippen molar-refractivity contribution in [2.24, 2.45) is 0 Å². The van der Waals surface area contributed by atoms with Crippen molar-refractivity contribution in [1.82, 2.24) is 9.80 Å². The minimum absolute atomic E-state index is 0.137. The lowest BCUT2D eigenvalue weighted by molar-refractivity contribution is 0.0647. The maximum absolute atomic E-state index is 13.2. The van der Waals surface area contributed by atoms with E-state index in [-0.39, 0.29) is 17.6 Å². The second-order valence-electron chi connectivity index (χ2n) is 7.63. The van der Waals surface area contributed by atoms with Gasteiger partial charge in [0.2, 0.25) is 0 Å². The lowest BCUT2D eigenvalue weighted by Gasteiger charge is -2.20. The topological polar surface area (TPSA) is 74.0 Å². The summed E-state index contributed by atoms with van der Waals surface area (Å²) in [5.41, 5.74) is 3.56. The minimum Gasteiger partial charge on any atom is -0.508 e. The molecule has 1 aromatic heterocycles. The zero-order chi connectivity index (χ0) is 20.9. The molecule has 0 spiro atoms. The molecule has 0 atom stereocenters. The van der Waals surface area contributed by atoms with E-state index < -0.39 is 0 Å². The van der Waals surface area contributed by atoms with Gasteiger partial charge in [0.05, 0.1) is 11.1 Å². The summed E-state index contributed by atoms with van der Waals surface area (Å²) in [4.78, 5) is 29.9. The molecule has 0 saturated heterocycles. The van der Waals surface area contributed by atoms with Crippen molar-refractivity contribution >= 4 is 33.8 Å². The summed E-state index contributed by atoms with van der Waals surface area (Å²) >= 11 is 0. The Bertz CT molecular complexity index is 1140. The first-order valence-electron chi connectivity index (χ1n) is 10.2. The highest BCUT2D eigenvalue weighted by molar-refractivity contribution is 6.26. The van der Waals surface area contributed by atoms with Gasteiger partial charge in [-0.05, 0) is 63.7 Å². The van der Waals surface area contributed by atoms with E-state index in [0.717, 1.165) is 42.4 Å². The second kappa shape index (κ2) is 7.19. The predicted octanol–water partition coefficient (Wildman–Crippen LogP) is 4.24. The Morgan fingerprint density at radius 3 is 2.34 bits per heavy atom. The van der Waals surface area contributed by atoms with Gasteiger partial charge in [-0.15, -0.1) is 0 Å². The fraction of sp³-hybridized carbons (Fsp3) is 0.391. The number of phenolic OH excluding ortho intramolecular Hbond substituents is 1. The number of aryl methyl sites for hydroxylation is 2. The van der Waals surface area contributed by atoms with Gasteiger partial charge < -0.3 is 14.4 Å². The van der Waals surface area contributed by atoms with Crippen LogP contribution in [-0.4, -0.2) is 52.9 Å². The van der Waals surface area contributed by atoms with Gasteiger partial charge in [0, 0.05) is 22.9 Å². The molecule has 1 N–H and O–H groups in total. The number of imide groups is 1. The number of phenols is 1. The number of nitrogens with zero attached hydrogens (tertiary/aromatic N) is 2. The number of furan rings is 1. The fourth-order valence-corrected chi connectivity index (χ4v) is 4.43. The van der Waals surface area contributed by atoms with Crippen LogP contribution in [0.3, 0.4) is 0 Å². The number of amides is 2. The zero-order valence-corrected chi connectivity index (χ0v) is 17.3. The zero-order valence-electron chi connectivity index (χ0n) is 17.3. The summed E-state index contributed by atoms with van der Waals surface area (Å²) in [6.45, 7) is 11.1. The molecule has 1 aliphatic rings. The van der Waals surface area contributed by atoms with Crippen molar-refractivity contribution in [3.63, 3.8) is 0 Å². The summed E-state index contributed by atoms with van der Waals surface area (Å²) in [6.07, 6.45) is 0.748. The monoisotopic (exact) mass is 394 g/mol.